The molecular weight excluding hydrogens is 230 g/mol. The van der Waals surface area contributed by atoms with Crippen LogP contribution >= 0.6 is 0 Å². The fraction of sp³-hybridized carbons (Fsp3) is 0.500. The third kappa shape index (κ3) is 4.37. The second kappa shape index (κ2) is 6.40. The standard InChI is InChI=1S/C14H21NO3/c1-3-4-9-18-12-7-5-11(6-8-12)14(2,15)10-13(16)17/h5-8H,3-4,9-10,15H2,1-2H3,(H,16,17)/t14-/m0/s1. The summed E-state index contributed by atoms with van der Waals surface area (Å²) in [6.07, 6.45) is 2.03. The van der Waals surface area contributed by atoms with Gasteiger partial charge in [-0.2, -0.15) is 0 Å². The summed E-state index contributed by atoms with van der Waals surface area (Å²) in [6, 6.07) is 7.42. The zero-order chi connectivity index (χ0) is 13.6. The Morgan fingerprint density at radius 2 is 2.00 bits per heavy atom. The van der Waals surface area contributed by atoms with Crippen molar-refractivity contribution in [3.05, 3.63) is 29.8 Å². The average molecular weight is 251 g/mol. The van der Waals surface area contributed by atoms with E-state index in [4.69, 9.17) is 4.74 Å². The van der Waals surface area contributed by atoms with Crippen LogP contribution in [-0.2, 0) is 10.3 Å². The maximum atomic E-state index is 10.7. The second-order valence-corrected chi connectivity index (χ2v) is 4.84. The van der Waals surface area contributed by atoms with E-state index in [9.17, 15) is 9.90 Å². The van der Waals surface area contributed by atoms with E-state index in [-0.39, 0.29) is 6.42 Å². The summed E-state index contributed by atoms with van der Waals surface area (Å²) < 4.78 is 5.55. The van der Waals surface area contributed by atoms with Gasteiger partial charge in [0.25, 0.3) is 0 Å². The first-order valence-electron chi connectivity index (χ1n) is 6.24. The normalized spacial score (nSPS) is 13.9. The fourth-order valence-electron chi connectivity index (χ4n) is 1.71. The molecule has 4 nitrogen and oxygen atoms in total. The van der Waals surface area contributed by atoms with Gasteiger partial charge in [-0.15, -0.1) is 0 Å². The van der Waals surface area contributed by atoms with Crippen LogP contribution < -0.4 is 15.6 Å². The number of carbonyl (C=O) groups excluding carboxylic acids is 1. The van der Waals surface area contributed by atoms with Gasteiger partial charge in [-0.3, -0.25) is 0 Å². The molecule has 0 bridgehead atoms. The Morgan fingerprint density at radius 1 is 1.39 bits per heavy atom. The van der Waals surface area contributed by atoms with Crippen LogP contribution in [0, 0.1) is 0 Å². The first-order valence-corrected chi connectivity index (χ1v) is 6.24. The van der Waals surface area contributed by atoms with Crippen LogP contribution in [0.2, 0.25) is 0 Å². The highest BCUT2D eigenvalue weighted by atomic mass is 16.5. The van der Waals surface area contributed by atoms with Gasteiger partial charge in [0.1, 0.15) is 11.3 Å². The molecular formula is C14H21NO3. The molecule has 4 heteroatoms. The molecule has 0 aliphatic carbocycles. The van der Waals surface area contributed by atoms with Gasteiger partial charge in [-0.1, -0.05) is 13.3 Å². The van der Waals surface area contributed by atoms with Crippen LogP contribution in [0.15, 0.2) is 24.3 Å². The van der Waals surface area contributed by atoms with Crippen molar-refractivity contribution >= 4 is 5.97 Å². The topological polar surface area (TPSA) is 77.0 Å². The summed E-state index contributed by atoms with van der Waals surface area (Å²) in [5.74, 6) is -0.285. The van der Waals surface area contributed by atoms with Gasteiger partial charge < -0.3 is 20.4 Å². The van der Waals surface area contributed by atoms with E-state index in [1.165, 1.54) is 0 Å². The number of unbranched alkanes of at least 4 members (excludes halogenated alkanes) is 1. The van der Waals surface area contributed by atoms with E-state index in [1.807, 2.05) is 24.3 Å². The molecule has 1 aromatic rings. The van der Waals surface area contributed by atoms with Crippen LogP contribution in [0.25, 0.3) is 0 Å². The Labute approximate surface area is 108 Å². The quantitative estimate of drug-likeness (QED) is 0.715. The van der Waals surface area contributed by atoms with Gasteiger partial charge >= 0.3 is 0 Å². The minimum Gasteiger partial charge on any atom is -0.550 e. The van der Waals surface area contributed by atoms with Crippen molar-refractivity contribution in [1.82, 2.24) is 0 Å². The lowest BCUT2D eigenvalue weighted by atomic mass is 9.90. The minimum atomic E-state index is -1.09. The van der Waals surface area contributed by atoms with Crippen molar-refractivity contribution in [1.29, 1.82) is 0 Å². The number of hydrogen-bond acceptors (Lipinski definition) is 3. The van der Waals surface area contributed by atoms with E-state index in [0.29, 0.717) is 6.61 Å². The van der Waals surface area contributed by atoms with Gasteiger partial charge in [0.2, 0.25) is 0 Å². The van der Waals surface area contributed by atoms with Crippen LogP contribution in [-0.4, -0.2) is 12.6 Å². The molecule has 100 valence electrons. The lowest BCUT2D eigenvalue weighted by Crippen LogP contribution is -2.69. The predicted octanol–water partition coefficient (Wildman–Crippen LogP) is 0.463. The van der Waals surface area contributed by atoms with Crippen molar-refractivity contribution < 1.29 is 20.4 Å². The monoisotopic (exact) mass is 251 g/mol. The van der Waals surface area contributed by atoms with Gasteiger partial charge in [-0.05, 0) is 37.6 Å². The molecule has 0 spiro atoms. The summed E-state index contributed by atoms with van der Waals surface area (Å²) >= 11 is 0. The third-order valence-electron chi connectivity index (χ3n) is 2.85. The highest BCUT2D eigenvalue weighted by Crippen LogP contribution is 2.22. The number of aliphatic carboxylic acids is 1. The molecule has 1 rings (SSSR count). The Bertz CT molecular complexity index is 385. The lowest BCUT2D eigenvalue weighted by Gasteiger charge is -2.22. The lowest BCUT2D eigenvalue weighted by molar-refractivity contribution is -0.484. The van der Waals surface area contributed by atoms with Crippen molar-refractivity contribution in [3.63, 3.8) is 0 Å². The average Bonchev–Trinajstić information content (AvgIpc) is 2.28. The summed E-state index contributed by atoms with van der Waals surface area (Å²) in [5.41, 5.74) is 4.13. The maximum Gasteiger partial charge on any atom is 0.123 e. The van der Waals surface area contributed by atoms with Crippen molar-refractivity contribution in [2.45, 2.75) is 38.6 Å². The van der Waals surface area contributed by atoms with Gasteiger partial charge in [0.15, 0.2) is 0 Å². The highest BCUT2D eigenvalue weighted by Gasteiger charge is 2.25. The molecule has 3 N–H and O–H groups in total. The summed E-state index contributed by atoms with van der Waals surface area (Å²) in [7, 11) is 0. The number of carboxylic acid groups (broad SMARTS) is 1. The van der Waals surface area contributed by atoms with Gasteiger partial charge in [0.05, 0.1) is 6.61 Å². The molecule has 0 saturated heterocycles. The van der Waals surface area contributed by atoms with E-state index in [2.05, 4.69) is 12.7 Å². The molecule has 0 amide bonds. The molecule has 1 aromatic carbocycles. The molecule has 0 saturated carbocycles. The Hall–Kier alpha value is -1.55. The third-order valence-corrected chi connectivity index (χ3v) is 2.85. The second-order valence-electron chi connectivity index (χ2n) is 4.84. The number of hydrogen-bond donors (Lipinski definition) is 1. The van der Waals surface area contributed by atoms with Crippen LogP contribution in [0.1, 0.15) is 38.7 Å². The highest BCUT2D eigenvalue weighted by molar-refractivity contribution is 5.66. The molecule has 0 fully saturated rings. The summed E-state index contributed by atoms with van der Waals surface area (Å²) in [6.45, 7) is 4.60. The number of rotatable bonds is 7. The minimum absolute atomic E-state index is 0.0942. The molecule has 18 heavy (non-hydrogen) atoms. The number of carbonyl (C=O) groups is 1. The molecule has 0 unspecified atom stereocenters. The summed E-state index contributed by atoms with van der Waals surface area (Å²) in [5, 5.41) is 10.7. The maximum absolute atomic E-state index is 10.7. The smallest absolute Gasteiger partial charge is 0.123 e. The van der Waals surface area contributed by atoms with E-state index in [0.717, 1.165) is 24.2 Å². The van der Waals surface area contributed by atoms with Crippen LogP contribution in [0.4, 0.5) is 0 Å². The molecule has 0 aliphatic rings. The molecule has 0 radical (unpaired) electrons. The summed E-state index contributed by atoms with van der Waals surface area (Å²) in [4.78, 5) is 10.7. The van der Waals surface area contributed by atoms with Crippen LogP contribution in [0.3, 0.4) is 0 Å². The predicted molar refractivity (Wildman–Crippen MR) is 66.7 cm³/mol. The number of ether oxygens (including phenoxy) is 1. The Balaban J connectivity index is 2.66. The largest absolute Gasteiger partial charge is 0.550 e. The SMILES string of the molecule is CCCCOc1ccc([C@@](C)([NH3+])CC(=O)[O-])cc1. The molecule has 1 atom stereocenters. The van der Waals surface area contributed by atoms with Crippen molar-refractivity contribution in [2.24, 2.45) is 0 Å². The first kappa shape index (κ1) is 14.5. The van der Waals surface area contributed by atoms with Crippen LogP contribution in [0.5, 0.6) is 5.75 Å². The molecule has 0 heterocycles. The Kier molecular flexibility index (Phi) is 5.16. The van der Waals surface area contributed by atoms with E-state index in [1.54, 1.807) is 6.92 Å². The molecule has 0 aromatic heterocycles. The number of benzene rings is 1. The van der Waals surface area contributed by atoms with Crippen molar-refractivity contribution in [3.8, 4) is 5.75 Å². The van der Waals surface area contributed by atoms with Crippen molar-refractivity contribution in [2.75, 3.05) is 6.61 Å². The Morgan fingerprint density at radius 3 is 2.50 bits per heavy atom. The zero-order valence-corrected chi connectivity index (χ0v) is 11.1. The zero-order valence-electron chi connectivity index (χ0n) is 11.1. The van der Waals surface area contributed by atoms with Gasteiger partial charge in [-0.25, -0.2) is 0 Å². The molecule has 0 aliphatic heterocycles. The first-order chi connectivity index (χ1) is 8.45. The number of carboxylic acids is 1. The fourth-order valence-corrected chi connectivity index (χ4v) is 1.71. The van der Waals surface area contributed by atoms with E-state index >= 15 is 0 Å². The number of quaternary nitrogens is 1. The van der Waals surface area contributed by atoms with E-state index < -0.39 is 11.5 Å². The van der Waals surface area contributed by atoms with Gasteiger partial charge in [0, 0.05) is 18.0 Å².